The molecular formula is C31H37N7O. The summed E-state index contributed by atoms with van der Waals surface area (Å²) in [6.07, 6.45) is 12.8. The molecule has 1 spiro atoms. The Hall–Kier alpha value is -3.78. The maximum absolute atomic E-state index is 8.90. The highest BCUT2D eigenvalue weighted by Gasteiger charge is 2.51. The zero-order valence-corrected chi connectivity index (χ0v) is 22.9. The van der Waals surface area contributed by atoms with Crippen LogP contribution in [0, 0.1) is 6.92 Å². The molecular weight excluding hydrogens is 486 g/mol. The molecule has 0 atom stereocenters. The zero-order valence-electron chi connectivity index (χ0n) is 22.9. The van der Waals surface area contributed by atoms with Crippen LogP contribution in [0.1, 0.15) is 74.1 Å². The highest BCUT2D eigenvalue weighted by molar-refractivity contribution is 6.16. The average molecular weight is 524 g/mol. The number of nitrogens with zero attached hydrogens (tertiary/aromatic N) is 6. The number of hydrogen-bond acceptors (Lipinski definition) is 6. The van der Waals surface area contributed by atoms with Crippen LogP contribution in [0.4, 0.5) is 5.69 Å². The molecule has 0 unspecified atom stereocenters. The summed E-state index contributed by atoms with van der Waals surface area (Å²) in [6.45, 7) is 3.29. The fraction of sp³-hybridized carbons (Fsp3) is 0.419. The summed E-state index contributed by atoms with van der Waals surface area (Å²) >= 11 is 0. The summed E-state index contributed by atoms with van der Waals surface area (Å²) in [7, 11) is 1.94. The van der Waals surface area contributed by atoms with Crippen LogP contribution in [0.25, 0.3) is 16.8 Å². The van der Waals surface area contributed by atoms with Crippen molar-refractivity contribution < 1.29 is 5.11 Å². The standard InChI is InChI=1S/C31H37N7O/c1-22-35-36-30-31(15-16-31)34-29(23-9-12-26(13-10-23)32-17-7-5-3-4-6-8-18-39)27-19-24(11-14-28(27)38(22)30)25-20-33-37(2)21-25/h9-14,19-21,32,39H,3-8,15-18H2,1-2H3. The predicted molar refractivity (Wildman–Crippen MR) is 155 cm³/mol. The molecule has 1 saturated carbocycles. The maximum Gasteiger partial charge on any atom is 0.165 e. The van der Waals surface area contributed by atoms with Gasteiger partial charge in [-0.3, -0.25) is 14.2 Å². The number of nitrogens with one attached hydrogen (secondary N) is 1. The van der Waals surface area contributed by atoms with Gasteiger partial charge in [-0.1, -0.05) is 43.9 Å². The van der Waals surface area contributed by atoms with E-state index in [1.54, 1.807) is 0 Å². The van der Waals surface area contributed by atoms with Crippen molar-refractivity contribution in [3.05, 3.63) is 77.6 Å². The van der Waals surface area contributed by atoms with Crippen molar-refractivity contribution in [1.82, 2.24) is 24.5 Å². The minimum Gasteiger partial charge on any atom is -0.396 e. The number of benzene rings is 2. The summed E-state index contributed by atoms with van der Waals surface area (Å²) in [5.41, 5.74) is 7.30. The number of aliphatic hydroxyl groups excluding tert-OH is 1. The summed E-state index contributed by atoms with van der Waals surface area (Å²) in [5, 5.41) is 25.9. The molecule has 6 rings (SSSR count). The molecule has 202 valence electrons. The minimum absolute atomic E-state index is 0.307. The lowest BCUT2D eigenvalue weighted by Gasteiger charge is -2.14. The summed E-state index contributed by atoms with van der Waals surface area (Å²) in [5.74, 6) is 1.83. The van der Waals surface area contributed by atoms with Gasteiger partial charge in [-0.05, 0) is 62.4 Å². The number of aryl methyl sites for hydroxylation is 2. The lowest BCUT2D eigenvalue weighted by atomic mass is 9.96. The quantitative estimate of drug-likeness (QED) is 0.251. The number of unbranched alkanes of at least 4 members (excludes halogenated alkanes) is 5. The Bertz CT molecular complexity index is 1480. The predicted octanol–water partition coefficient (Wildman–Crippen LogP) is 5.56. The van der Waals surface area contributed by atoms with E-state index >= 15 is 0 Å². The van der Waals surface area contributed by atoms with Gasteiger partial charge in [0, 0.05) is 48.8 Å². The van der Waals surface area contributed by atoms with Gasteiger partial charge < -0.3 is 10.4 Å². The number of aliphatic hydroxyl groups is 1. The van der Waals surface area contributed by atoms with Crippen molar-refractivity contribution >= 4 is 11.4 Å². The largest absolute Gasteiger partial charge is 0.396 e. The number of rotatable bonds is 11. The molecule has 39 heavy (non-hydrogen) atoms. The molecule has 0 bridgehead atoms. The molecule has 1 fully saturated rings. The van der Waals surface area contributed by atoms with Crippen LogP contribution in [0.2, 0.25) is 0 Å². The second kappa shape index (κ2) is 10.8. The first-order chi connectivity index (χ1) is 19.1. The first kappa shape index (κ1) is 25.5. The molecule has 3 heterocycles. The summed E-state index contributed by atoms with van der Waals surface area (Å²) in [4.78, 5) is 5.41. The van der Waals surface area contributed by atoms with Crippen molar-refractivity contribution in [2.24, 2.45) is 12.0 Å². The summed E-state index contributed by atoms with van der Waals surface area (Å²) in [6, 6.07) is 15.3. The molecule has 0 saturated heterocycles. The molecule has 8 heteroatoms. The number of anilines is 1. The Morgan fingerprint density at radius 2 is 1.64 bits per heavy atom. The summed E-state index contributed by atoms with van der Waals surface area (Å²) < 4.78 is 4.03. The lowest BCUT2D eigenvalue weighted by molar-refractivity contribution is 0.282. The van der Waals surface area contributed by atoms with Crippen LogP contribution >= 0.6 is 0 Å². The second-order valence-electron chi connectivity index (χ2n) is 10.9. The molecule has 4 aromatic rings. The molecule has 2 aromatic carbocycles. The van der Waals surface area contributed by atoms with Crippen molar-refractivity contribution in [1.29, 1.82) is 0 Å². The van der Waals surface area contributed by atoms with Gasteiger partial charge in [0.25, 0.3) is 0 Å². The van der Waals surface area contributed by atoms with E-state index < -0.39 is 0 Å². The van der Waals surface area contributed by atoms with Crippen LogP contribution < -0.4 is 5.32 Å². The number of fused-ring (bicyclic) bond motifs is 4. The third-order valence-corrected chi connectivity index (χ3v) is 7.89. The van der Waals surface area contributed by atoms with Crippen LogP contribution in [-0.2, 0) is 12.6 Å². The highest BCUT2D eigenvalue weighted by atomic mass is 16.2. The molecule has 2 N–H and O–H groups in total. The van der Waals surface area contributed by atoms with Gasteiger partial charge in [-0.25, -0.2) is 0 Å². The van der Waals surface area contributed by atoms with Gasteiger partial charge in [0.1, 0.15) is 11.4 Å². The SMILES string of the molecule is Cc1nnc2n1-c1ccc(-c3cnn(C)c3)cc1C(c1ccc(NCCCCCCCCO)cc1)=NC21CC1. The van der Waals surface area contributed by atoms with Gasteiger partial charge in [-0.15, -0.1) is 10.2 Å². The van der Waals surface area contributed by atoms with Crippen LogP contribution in [0.3, 0.4) is 0 Å². The fourth-order valence-corrected chi connectivity index (χ4v) is 5.54. The van der Waals surface area contributed by atoms with Gasteiger partial charge in [-0.2, -0.15) is 5.10 Å². The Kier molecular flexibility index (Phi) is 7.04. The van der Waals surface area contributed by atoms with Crippen molar-refractivity contribution in [3.63, 3.8) is 0 Å². The molecule has 8 nitrogen and oxygen atoms in total. The molecule has 0 amide bonds. The Morgan fingerprint density at radius 3 is 2.36 bits per heavy atom. The van der Waals surface area contributed by atoms with E-state index in [9.17, 15) is 0 Å². The van der Waals surface area contributed by atoms with Crippen molar-refractivity contribution in [2.75, 3.05) is 18.5 Å². The molecule has 1 aliphatic heterocycles. The Labute approximate surface area is 229 Å². The van der Waals surface area contributed by atoms with E-state index in [0.717, 1.165) is 89.6 Å². The fourth-order valence-electron chi connectivity index (χ4n) is 5.54. The van der Waals surface area contributed by atoms with Crippen LogP contribution in [-0.4, -0.2) is 48.5 Å². The monoisotopic (exact) mass is 523 g/mol. The van der Waals surface area contributed by atoms with E-state index in [-0.39, 0.29) is 5.54 Å². The molecule has 2 aliphatic rings. The Balaban J connectivity index is 1.27. The third-order valence-electron chi connectivity index (χ3n) is 7.89. The highest BCUT2D eigenvalue weighted by Crippen LogP contribution is 2.51. The number of aliphatic imine (C=N–C) groups is 1. The van der Waals surface area contributed by atoms with E-state index in [2.05, 4.69) is 67.6 Å². The topological polar surface area (TPSA) is 93.2 Å². The van der Waals surface area contributed by atoms with Crippen LogP contribution in [0.5, 0.6) is 0 Å². The van der Waals surface area contributed by atoms with Crippen molar-refractivity contribution in [2.45, 2.75) is 63.8 Å². The molecule has 2 aromatic heterocycles. The number of aromatic nitrogens is 5. The van der Waals surface area contributed by atoms with Gasteiger partial charge in [0.15, 0.2) is 5.82 Å². The van der Waals surface area contributed by atoms with E-state index in [1.165, 1.54) is 19.3 Å². The molecule has 1 aliphatic carbocycles. The third kappa shape index (κ3) is 5.13. The number of hydrogen-bond donors (Lipinski definition) is 2. The van der Waals surface area contributed by atoms with E-state index in [1.807, 2.05) is 31.0 Å². The lowest BCUT2D eigenvalue weighted by Crippen LogP contribution is -2.11. The zero-order chi connectivity index (χ0) is 26.8. The Morgan fingerprint density at radius 1 is 0.897 bits per heavy atom. The first-order valence-corrected chi connectivity index (χ1v) is 14.2. The first-order valence-electron chi connectivity index (χ1n) is 14.2. The van der Waals surface area contributed by atoms with Gasteiger partial charge in [0.2, 0.25) is 0 Å². The van der Waals surface area contributed by atoms with Crippen LogP contribution in [0.15, 0.2) is 59.9 Å². The van der Waals surface area contributed by atoms with E-state index in [4.69, 9.17) is 10.1 Å². The normalized spacial score (nSPS) is 15.0. The smallest absolute Gasteiger partial charge is 0.165 e. The molecule has 0 radical (unpaired) electrons. The second-order valence-corrected chi connectivity index (χ2v) is 10.9. The van der Waals surface area contributed by atoms with E-state index in [0.29, 0.717) is 6.61 Å². The maximum atomic E-state index is 8.90. The van der Waals surface area contributed by atoms with Crippen molar-refractivity contribution in [3.8, 4) is 16.8 Å². The van der Waals surface area contributed by atoms with Gasteiger partial charge in [0.05, 0.1) is 17.6 Å². The van der Waals surface area contributed by atoms with Gasteiger partial charge >= 0.3 is 0 Å². The average Bonchev–Trinajstić information content (AvgIpc) is 3.47. The minimum atomic E-state index is -0.307.